The van der Waals surface area contributed by atoms with Gasteiger partial charge in [0.1, 0.15) is 0 Å². The van der Waals surface area contributed by atoms with Crippen LogP contribution in [0.25, 0.3) is 16.7 Å². The number of hydrogen-bond acceptors (Lipinski definition) is 2. The second kappa shape index (κ2) is 5.84. The van der Waals surface area contributed by atoms with Crippen LogP contribution in [-0.4, -0.2) is 23.3 Å². The fourth-order valence-corrected chi connectivity index (χ4v) is 2.92. The maximum absolute atomic E-state index is 5.53. The van der Waals surface area contributed by atoms with Gasteiger partial charge >= 0.3 is 0 Å². The third-order valence-electron chi connectivity index (χ3n) is 3.65. The van der Waals surface area contributed by atoms with Crippen molar-refractivity contribution in [3.05, 3.63) is 58.4 Å². The van der Waals surface area contributed by atoms with E-state index in [0.29, 0.717) is 6.61 Å². The molecule has 0 spiro atoms. The molecular weight excluding hydrogens is 280 g/mol. The minimum absolute atomic E-state index is 0.700. The van der Waals surface area contributed by atoms with E-state index in [2.05, 4.69) is 52.9 Å². The number of nitrogens with zero attached hydrogens (tertiary/aromatic N) is 1. The first-order chi connectivity index (χ1) is 10.2. The summed E-state index contributed by atoms with van der Waals surface area (Å²) in [7, 11) is 1.72. The van der Waals surface area contributed by atoms with Gasteiger partial charge in [-0.2, -0.15) is 0 Å². The molecule has 4 heteroatoms. The van der Waals surface area contributed by atoms with Crippen LogP contribution in [0.2, 0.25) is 0 Å². The average Bonchev–Trinajstić information content (AvgIpc) is 2.80. The summed E-state index contributed by atoms with van der Waals surface area (Å²) in [5.74, 6) is 0. The van der Waals surface area contributed by atoms with E-state index in [4.69, 9.17) is 17.0 Å². The standard InChI is InChI=1S/C17H18N2OS/c1-12-7-8-16-14(11-12)18-17(21)19(16)15-6-4-3-5-13(15)9-10-20-2/h3-8,11H,9-10H2,1-2H3,(H,18,21). The van der Waals surface area contributed by atoms with E-state index in [1.807, 2.05) is 6.07 Å². The summed E-state index contributed by atoms with van der Waals surface area (Å²) in [5, 5.41) is 0. The van der Waals surface area contributed by atoms with E-state index in [0.717, 1.165) is 27.9 Å². The minimum atomic E-state index is 0.700. The average molecular weight is 298 g/mol. The molecule has 3 aromatic rings. The van der Waals surface area contributed by atoms with E-state index in [1.165, 1.54) is 11.1 Å². The van der Waals surface area contributed by atoms with Gasteiger partial charge in [0, 0.05) is 7.11 Å². The summed E-state index contributed by atoms with van der Waals surface area (Å²) < 4.78 is 8.04. The summed E-state index contributed by atoms with van der Waals surface area (Å²) >= 11 is 5.53. The Hall–Kier alpha value is -1.91. The van der Waals surface area contributed by atoms with Gasteiger partial charge in [-0.25, -0.2) is 0 Å². The quantitative estimate of drug-likeness (QED) is 0.732. The number of hydrogen-bond donors (Lipinski definition) is 1. The number of fused-ring (bicyclic) bond motifs is 1. The molecule has 1 aromatic heterocycles. The van der Waals surface area contributed by atoms with Crippen molar-refractivity contribution in [2.24, 2.45) is 0 Å². The summed E-state index contributed by atoms with van der Waals surface area (Å²) in [6, 6.07) is 14.7. The molecule has 0 saturated heterocycles. The molecule has 1 heterocycles. The Kier molecular flexibility index (Phi) is 3.90. The number of benzene rings is 2. The Labute approximate surface area is 129 Å². The van der Waals surface area contributed by atoms with Crippen LogP contribution in [-0.2, 0) is 11.2 Å². The molecule has 0 saturated carbocycles. The SMILES string of the molecule is COCCc1ccccc1-n1c(=S)[nH]c2cc(C)ccc21. The molecule has 0 bridgehead atoms. The Bertz CT molecular complexity index is 832. The van der Waals surface area contributed by atoms with Crippen molar-refractivity contribution in [3.63, 3.8) is 0 Å². The molecule has 0 aliphatic rings. The van der Waals surface area contributed by atoms with Crippen molar-refractivity contribution in [1.29, 1.82) is 0 Å². The summed E-state index contributed by atoms with van der Waals surface area (Å²) in [6.07, 6.45) is 0.868. The lowest BCUT2D eigenvalue weighted by molar-refractivity contribution is 0.202. The summed E-state index contributed by atoms with van der Waals surface area (Å²) in [6.45, 7) is 2.78. The lowest BCUT2D eigenvalue weighted by Gasteiger charge is -2.11. The van der Waals surface area contributed by atoms with E-state index in [1.54, 1.807) is 7.11 Å². The van der Waals surface area contributed by atoms with Crippen LogP contribution in [0.1, 0.15) is 11.1 Å². The zero-order valence-electron chi connectivity index (χ0n) is 12.2. The van der Waals surface area contributed by atoms with Gasteiger partial charge in [0.15, 0.2) is 4.77 Å². The van der Waals surface area contributed by atoms with E-state index < -0.39 is 0 Å². The highest BCUT2D eigenvalue weighted by atomic mass is 32.1. The molecule has 0 fully saturated rings. The molecule has 3 rings (SSSR count). The van der Waals surface area contributed by atoms with Crippen LogP contribution in [0.15, 0.2) is 42.5 Å². The number of aryl methyl sites for hydroxylation is 1. The second-order valence-corrected chi connectivity index (χ2v) is 5.54. The molecule has 2 aromatic carbocycles. The minimum Gasteiger partial charge on any atom is -0.384 e. The van der Waals surface area contributed by atoms with Gasteiger partial charge in [-0.15, -0.1) is 0 Å². The summed E-state index contributed by atoms with van der Waals surface area (Å²) in [5.41, 5.74) is 5.75. The third-order valence-corrected chi connectivity index (χ3v) is 3.93. The topological polar surface area (TPSA) is 29.9 Å². The maximum Gasteiger partial charge on any atom is 0.182 e. The number of aromatic amines is 1. The zero-order valence-corrected chi connectivity index (χ0v) is 13.0. The van der Waals surface area contributed by atoms with Crippen LogP contribution in [0.5, 0.6) is 0 Å². The first-order valence-corrected chi connectivity index (χ1v) is 7.40. The number of nitrogens with one attached hydrogen (secondary N) is 1. The van der Waals surface area contributed by atoms with Gasteiger partial charge in [-0.1, -0.05) is 24.3 Å². The van der Waals surface area contributed by atoms with Gasteiger partial charge in [0.25, 0.3) is 0 Å². The van der Waals surface area contributed by atoms with Gasteiger partial charge in [-0.3, -0.25) is 4.57 Å². The van der Waals surface area contributed by atoms with Crippen molar-refractivity contribution in [1.82, 2.24) is 9.55 Å². The van der Waals surface area contributed by atoms with Crippen LogP contribution < -0.4 is 0 Å². The number of methoxy groups -OCH3 is 1. The molecule has 3 nitrogen and oxygen atoms in total. The lowest BCUT2D eigenvalue weighted by atomic mass is 10.1. The normalized spacial score (nSPS) is 11.1. The molecule has 108 valence electrons. The largest absolute Gasteiger partial charge is 0.384 e. The number of imidazole rings is 1. The molecule has 0 atom stereocenters. The van der Waals surface area contributed by atoms with Gasteiger partial charge in [0.2, 0.25) is 0 Å². The van der Waals surface area contributed by atoms with Gasteiger partial charge in [-0.05, 0) is 54.9 Å². The number of rotatable bonds is 4. The van der Waals surface area contributed by atoms with Crippen molar-refractivity contribution in [2.45, 2.75) is 13.3 Å². The monoisotopic (exact) mass is 298 g/mol. The predicted molar refractivity (Wildman–Crippen MR) is 88.8 cm³/mol. The van der Waals surface area contributed by atoms with Gasteiger partial charge < -0.3 is 9.72 Å². The van der Waals surface area contributed by atoms with E-state index in [-0.39, 0.29) is 0 Å². The zero-order chi connectivity index (χ0) is 14.8. The molecule has 0 amide bonds. The molecule has 0 unspecified atom stereocenters. The molecular formula is C17H18N2OS. The third kappa shape index (κ3) is 2.64. The maximum atomic E-state index is 5.53. The molecule has 0 aliphatic carbocycles. The Morgan fingerprint density at radius 2 is 2.00 bits per heavy atom. The second-order valence-electron chi connectivity index (χ2n) is 5.16. The summed E-state index contributed by atoms with van der Waals surface area (Å²) in [4.78, 5) is 3.30. The Morgan fingerprint density at radius 1 is 1.19 bits per heavy atom. The molecule has 21 heavy (non-hydrogen) atoms. The lowest BCUT2D eigenvalue weighted by Crippen LogP contribution is -2.02. The highest BCUT2D eigenvalue weighted by Crippen LogP contribution is 2.23. The Balaban J connectivity index is 2.21. The first kappa shape index (κ1) is 14.0. The number of para-hydroxylation sites is 1. The fraction of sp³-hybridized carbons (Fsp3) is 0.235. The number of ether oxygens (including phenoxy) is 1. The smallest absolute Gasteiger partial charge is 0.182 e. The van der Waals surface area contributed by atoms with Crippen LogP contribution in [0.3, 0.4) is 0 Å². The van der Waals surface area contributed by atoms with Crippen LogP contribution >= 0.6 is 12.2 Å². The number of aromatic nitrogens is 2. The first-order valence-electron chi connectivity index (χ1n) is 6.99. The number of H-pyrrole nitrogens is 1. The van der Waals surface area contributed by atoms with E-state index in [9.17, 15) is 0 Å². The fourth-order valence-electron chi connectivity index (χ4n) is 2.62. The van der Waals surface area contributed by atoms with Crippen molar-refractivity contribution in [3.8, 4) is 5.69 Å². The highest BCUT2D eigenvalue weighted by Gasteiger charge is 2.10. The van der Waals surface area contributed by atoms with Crippen molar-refractivity contribution in [2.75, 3.05) is 13.7 Å². The Morgan fingerprint density at radius 3 is 2.81 bits per heavy atom. The van der Waals surface area contributed by atoms with Crippen LogP contribution in [0, 0.1) is 11.7 Å². The highest BCUT2D eigenvalue weighted by molar-refractivity contribution is 7.71. The van der Waals surface area contributed by atoms with E-state index >= 15 is 0 Å². The van der Waals surface area contributed by atoms with Crippen molar-refractivity contribution >= 4 is 23.3 Å². The predicted octanol–water partition coefficient (Wildman–Crippen LogP) is 4.19. The molecule has 0 radical (unpaired) electrons. The van der Waals surface area contributed by atoms with Crippen LogP contribution in [0.4, 0.5) is 0 Å². The molecule has 0 aliphatic heterocycles. The molecule has 1 N–H and O–H groups in total. The van der Waals surface area contributed by atoms with Gasteiger partial charge in [0.05, 0.1) is 23.3 Å². The van der Waals surface area contributed by atoms with Crippen molar-refractivity contribution < 1.29 is 4.74 Å².